The molecule has 2 aliphatic rings. The van der Waals surface area contributed by atoms with Gasteiger partial charge >= 0.3 is 0 Å². The van der Waals surface area contributed by atoms with Crippen molar-refractivity contribution < 1.29 is 14.9 Å². The highest BCUT2D eigenvalue weighted by atomic mass is 16.6. The minimum absolute atomic E-state index is 0.0997. The molecule has 1 aliphatic heterocycles. The number of imidazole rings is 1. The van der Waals surface area contributed by atoms with Crippen LogP contribution in [0.1, 0.15) is 20.1 Å². The van der Waals surface area contributed by atoms with Gasteiger partial charge in [-0.1, -0.05) is 13.8 Å². The Kier molecular flexibility index (Phi) is 2.35. The molecule has 4 atom stereocenters. The van der Waals surface area contributed by atoms with Crippen LogP contribution in [0.5, 0.6) is 0 Å². The van der Waals surface area contributed by atoms with Crippen molar-refractivity contribution in [3.05, 3.63) is 12.7 Å². The highest BCUT2D eigenvalue weighted by molar-refractivity contribution is 5.81. The standard InChI is InChI=1S/C13H18N6O3/c1-11(2)12(20)6(3-14)22-10(13(11,12)21)19-5-18-7-8(15)16-4-17-9(7)19/h4-6,10,20-21H,3,14H2,1-2H3,(H2,15,16,17)/t6-,10-,12+,13-/m1/s1. The number of nitrogen functional groups attached to an aromatic ring is 1. The van der Waals surface area contributed by atoms with Crippen LogP contribution in [-0.4, -0.2) is 53.6 Å². The molecule has 6 N–H and O–H groups in total. The summed E-state index contributed by atoms with van der Waals surface area (Å²) in [6, 6.07) is 0. The fraction of sp³-hybridized carbons (Fsp3) is 0.615. The third-order valence-corrected chi connectivity index (χ3v) is 5.39. The van der Waals surface area contributed by atoms with E-state index in [4.69, 9.17) is 16.2 Å². The molecule has 0 aromatic carbocycles. The van der Waals surface area contributed by atoms with Crippen molar-refractivity contribution in [2.75, 3.05) is 12.3 Å². The van der Waals surface area contributed by atoms with Crippen molar-refractivity contribution in [2.45, 2.75) is 37.4 Å². The summed E-state index contributed by atoms with van der Waals surface area (Å²) in [6.45, 7) is 3.67. The van der Waals surface area contributed by atoms with E-state index in [9.17, 15) is 10.2 Å². The summed E-state index contributed by atoms with van der Waals surface area (Å²) in [5.41, 5.74) is 8.70. The first kappa shape index (κ1) is 13.8. The van der Waals surface area contributed by atoms with Crippen molar-refractivity contribution >= 4 is 17.0 Å². The zero-order valence-electron chi connectivity index (χ0n) is 12.3. The predicted octanol–water partition coefficient (Wildman–Crippen LogP) is -1.23. The molecule has 0 bridgehead atoms. The van der Waals surface area contributed by atoms with Crippen LogP contribution < -0.4 is 11.5 Å². The van der Waals surface area contributed by atoms with Gasteiger partial charge in [0.2, 0.25) is 0 Å². The van der Waals surface area contributed by atoms with E-state index in [1.165, 1.54) is 12.7 Å². The van der Waals surface area contributed by atoms with Crippen LogP contribution in [0, 0.1) is 5.41 Å². The van der Waals surface area contributed by atoms with Gasteiger partial charge in [0.15, 0.2) is 17.7 Å². The van der Waals surface area contributed by atoms with Crippen LogP contribution in [0.3, 0.4) is 0 Å². The van der Waals surface area contributed by atoms with Crippen LogP contribution in [0.15, 0.2) is 12.7 Å². The van der Waals surface area contributed by atoms with Gasteiger partial charge < -0.3 is 26.4 Å². The van der Waals surface area contributed by atoms with Crippen LogP contribution in [-0.2, 0) is 4.74 Å². The van der Waals surface area contributed by atoms with Crippen LogP contribution >= 0.6 is 0 Å². The summed E-state index contributed by atoms with van der Waals surface area (Å²) in [7, 11) is 0. The maximum absolute atomic E-state index is 11.1. The van der Waals surface area contributed by atoms with E-state index < -0.39 is 28.9 Å². The Morgan fingerprint density at radius 1 is 1.27 bits per heavy atom. The maximum Gasteiger partial charge on any atom is 0.169 e. The summed E-state index contributed by atoms with van der Waals surface area (Å²) in [5.74, 6) is 0.245. The van der Waals surface area contributed by atoms with Gasteiger partial charge in [-0.05, 0) is 0 Å². The van der Waals surface area contributed by atoms with Crippen molar-refractivity contribution in [1.29, 1.82) is 0 Å². The minimum atomic E-state index is -1.47. The summed E-state index contributed by atoms with van der Waals surface area (Å²) < 4.78 is 7.38. The largest absolute Gasteiger partial charge is 0.383 e. The van der Waals surface area contributed by atoms with E-state index in [-0.39, 0.29) is 12.4 Å². The van der Waals surface area contributed by atoms with Gasteiger partial charge in [0.25, 0.3) is 0 Å². The van der Waals surface area contributed by atoms with E-state index in [1.807, 2.05) is 0 Å². The molecule has 9 heteroatoms. The van der Waals surface area contributed by atoms with Gasteiger partial charge in [0.05, 0.1) is 6.33 Å². The molecule has 0 spiro atoms. The molecule has 3 heterocycles. The van der Waals surface area contributed by atoms with Crippen molar-refractivity contribution in [1.82, 2.24) is 19.5 Å². The number of aromatic nitrogens is 4. The van der Waals surface area contributed by atoms with E-state index in [2.05, 4.69) is 15.0 Å². The lowest BCUT2D eigenvalue weighted by Crippen LogP contribution is -2.39. The zero-order valence-corrected chi connectivity index (χ0v) is 12.3. The summed E-state index contributed by atoms with van der Waals surface area (Å²) >= 11 is 0. The molecule has 2 aromatic rings. The number of nitrogens with two attached hydrogens (primary N) is 2. The van der Waals surface area contributed by atoms with Crippen molar-refractivity contribution in [3.63, 3.8) is 0 Å². The van der Waals surface area contributed by atoms with E-state index >= 15 is 0 Å². The summed E-state index contributed by atoms with van der Waals surface area (Å²) in [6.07, 6.45) is 1.28. The minimum Gasteiger partial charge on any atom is -0.383 e. The quantitative estimate of drug-likeness (QED) is 0.539. The molecular formula is C13H18N6O3. The Morgan fingerprint density at radius 3 is 2.64 bits per heavy atom. The first-order chi connectivity index (χ1) is 10.3. The Bertz CT molecular complexity index is 776. The third-order valence-electron chi connectivity index (χ3n) is 5.39. The zero-order chi connectivity index (χ0) is 15.9. The van der Waals surface area contributed by atoms with Gasteiger partial charge in [-0.2, -0.15) is 0 Å². The number of ether oxygens (including phenoxy) is 1. The molecular weight excluding hydrogens is 288 g/mol. The number of hydrogen-bond acceptors (Lipinski definition) is 8. The Hall–Kier alpha value is -1.81. The Morgan fingerprint density at radius 2 is 2.00 bits per heavy atom. The molecule has 9 nitrogen and oxygen atoms in total. The second kappa shape index (κ2) is 3.74. The van der Waals surface area contributed by atoms with Crippen molar-refractivity contribution in [3.8, 4) is 0 Å². The first-order valence-electron chi connectivity index (χ1n) is 7.04. The second-order valence-corrected chi connectivity index (χ2v) is 6.45. The molecule has 2 fully saturated rings. The van der Waals surface area contributed by atoms with Gasteiger partial charge in [-0.15, -0.1) is 0 Å². The smallest absolute Gasteiger partial charge is 0.169 e. The monoisotopic (exact) mass is 306 g/mol. The third kappa shape index (κ3) is 1.16. The average Bonchev–Trinajstić information content (AvgIpc) is 2.86. The topological polar surface area (TPSA) is 145 Å². The van der Waals surface area contributed by atoms with Crippen LogP contribution in [0.2, 0.25) is 0 Å². The molecule has 1 aliphatic carbocycles. The average molecular weight is 306 g/mol. The normalized spacial score (nSPS) is 39.1. The molecule has 0 amide bonds. The number of nitrogens with zero attached hydrogens (tertiary/aromatic N) is 4. The predicted molar refractivity (Wildman–Crippen MR) is 76.4 cm³/mol. The van der Waals surface area contributed by atoms with Gasteiger partial charge in [-0.25, -0.2) is 15.0 Å². The number of hydrogen-bond donors (Lipinski definition) is 4. The molecule has 22 heavy (non-hydrogen) atoms. The first-order valence-corrected chi connectivity index (χ1v) is 7.04. The molecule has 1 saturated carbocycles. The molecule has 0 unspecified atom stereocenters. The maximum atomic E-state index is 11.1. The van der Waals surface area contributed by atoms with Gasteiger partial charge in [-0.3, -0.25) is 4.57 Å². The van der Waals surface area contributed by atoms with Crippen LogP contribution in [0.25, 0.3) is 11.2 Å². The van der Waals surface area contributed by atoms with Crippen LogP contribution in [0.4, 0.5) is 5.82 Å². The summed E-state index contributed by atoms with van der Waals surface area (Å²) in [5, 5.41) is 21.9. The lowest BCUT2D eigenvalue weighted by Gasteiger charge is -2.27. The lowest BCUT2D eigenvalue weighted by atomic mass is 10.0. The lowest BCUT2D eigenvalue weighted by molar-refractivity contribution is -0.107. The van der Waals surface area contributed by atoms with E-state index in [1.54, 1.807) is 18.4 Å². The number of rotatable bonds is 2. The fourth-order valence-corrected chi connectivity index (χ4v) is 3.93. The fourth-order valence-electron chi connectivity index (χ4n) is 3.93. The van der Waals surface area contributed by atoms with Gasteiger partial charge in [0.1, 0.15) is 29.2 Å². The molecule has 4 rings (SSSR count). The van der Waals surface area contributed by atoms with Gasteiger partial charge in [0, 0.05) is 12.0 Å². The number of fused-ring (bicyclic) bond motifs is 2. The molecule has 1 saturated heterocycles. The molecule has 0 radical (unpaired) electrons. The van der Waals surface area contributed by atoms with E-state index in [0.717, 1.165) is 0 Å². The Labute approximate surface area is 125 Å². The molecule has 118 valence electrons. The highest BCUT2D eigenvalue weighted by Gasteiger charge is 2.92. The highest BCUT2D eigenvalue weighted by Crippen LogP contribution is 2.75. The number of anilines is 1. The van der Waals surface area contributed by atoms with E-state index in [0.29, 0.717) is 11.2 Å². The summed E-state index contributed by atoms with van der Waals surface area (Å²) in [4.78, 5) is 12.2. The second-order valence-electron chi connectivity index (χ2n) is 6.45. The number of aliphatic hydroxyl groups is 2. The molecule has 2 aromatic heterocycles. The van der Waals surface area contributed by atoms with Crippen molar-refractivity contribution in [2.24, 2.45) is 11.1 Å². The SMILES string of the molecule is CC1(C)[C@]2(O)[C@H](n3cnc4c(N)ncnc43)O[C@H](CN)[C@]12O. The Balaban J connectivity index is 1.88.